The summed E-state index contributed by atoms with van der Waals surface area (Å²) in [5.74, 6) is 0.377. The van der Waals surface area contributed by atoms with Gasteiger partial charge in [-0.3, -0.25) is 9.59 Å². The monoisotopic (exact) mass is 570 g/mol. The van der Waals surface area contributed by atoms with Crippen LogP contribution in [0, 0.1) is 24.2 Å². The number of Topliss-reactive ketones (excluding diaryl/α,β-unsaturated/α-hetero) is 1. The molecule has 9 heteroatoms. The van der Waals surface area contributed by atoms with E-state index >= 15 is 0 Å². The number of piperazine rings is 1. The third-order valence-electron chi connectivity index (χ3n) is 9.28. The van der Waals surface area contributed by atoms with Crippen LogP contribution < -0.4 is 9.64 Å². The van der Waals surface area contributed by atoms with E-state index < -0.39 is 0 Å². The van der Waals surface area contributed by atoms with Crippen molar-refractivity contribution in [3.05, 3.63) is 58.8 Å². The van der Waals surface area contributed by atoms with Crippen molar-refractivity contribution in [3.8, 4) is 12.1 Å². The molecule has 2 aromatic rings. The number of amides is 1. The van der Waals surface area contributed by atoms with Crippen molar-refractivity contribution in [2.75, 3.05) is 44.7 Å². The molecular weight excluding hydrogens is 528 g/mol. The van der Waals surface area contributed by atoms with Crippen LogP contribution in [0.5, 0.6) is 6.01 Å². The molecule has 1 aromatic heterocycles. The second-order valence-electron chi connectivity index (χ2n) is 11.8. The Hall–Kier alpha value is -3.77. The number of likely N-dealkylation sites (N-methyl/N-ethyl adjacent to an activating group) is 1. The molecule has 222 valence electrons. The van der Waals surface area contributed by atoms with Crippen LogP contribution >= 0.6 is 0 Å². The number of aryl methyl sites for hydroxylation is 1. The summed E-state index contributed by atoms with van der Waals surface area (Å²) in [6, 6.07) is 8.78. The summed E-state index contributed by atoms with van der Waals surface area (Å²) in [6.07, 6.45) is 6.64. The van der Waals surface area contributed by atoms with Crippen molar-refractivity contribution in [2.45, 2.75) is 70.9 Å². The highest BCUT2D eigenvalue weighted by atomic mass is 16.5. The van der Waals surface area contributed by atoms with Gasteiger partial charge in [0.15, 0.2) is 5.78 Å². The number of likely N-dealkylation sites (tertiary alicyclic amines) is 1. The van der Waals surface area contributed by atoms with Gasteiger partial charge in [0.2, 0.25) is 5.91 Å². The number of rotatable bonds is 9. The molecule has 1 aromatic carbocycles. The number of nitriles is 1. The predicted molar refractivity (Wildman–Crippen MR) is 162 cm³/mol. The molecule has 3 heterocycles. The number of ether oxygens (including phenoxy) is 1. The Balaban J connectivity index is 1.49. The molecule has 1 aliphatic carbocycles. The summed E-state index contributed by atoms with van der Waals surface area (Å²) in [6.45, 7) is 10.7. The van der Waals surface area contributed by atoms with Gasteiger partial charge in [0, 0.05) is 37.2 Å². The quantitative estimate of drug-likeness (QED) is 0.330. The van der Waals surface area contributed by atoms with Crippen LogP contribution in [0.3, 0.4) is 0 Å². The topological polar surface area (TPSA) is 103 Å². The first-order valence-electron chi connectivity index (χ1n) is 15.2. The van der Waals surface area contributed by atoms with Gasteiger partial charge >= 0.3 is 6.01 Å². The molecule has 0 saturated carbocycles. The van der Waals surface area contributed by atoms with Crippen molar-refractivity contribution in [2.24, 2.45) is 5.92 Å². The number of hydrogen-bond acceptors (Lipinski definition) is 8. The largest absolute Gasteiger partial charge is 0.462 e. The second-order valence-corrected chi connectivity index (χ2v) is 11.8. The molecule has 42 heavy (non-hydrogen) atoms. The fourth-order valence-electron chi connectivity index (χ4n) is 6.82. The number of benzene rings is 1. The Kier molecular flexibility index (Phi) is 9.22. The lowest BCUT2D eigenvalue weighted by atomic mass is 9.79. The number of ketones is 1. The van der Waals surface area contributed by atoms with Crippen LogP contribution in [-0.2, 0) is 24.1 Å². The fourth-order valence-corrected chi connectivity index (χ4v) is 6.82. The van der Waals surface area contributed by atoms with Crippen molar-refractivity contribution < 1.29 is 14.3 Å². The van der Waals surface area contributed by atoms with Gasteiger partial charge in [0.1, 0.15) is 18.1 Å². The van der Waals surface area contributed by atoms with Gasteiger partial charge in [-0.1, -0.05) is 31.7 Å². The lowest BCUT2D eigenvalue weighted by Crippen LogP contribution is -2.55. The number of fused-ring (bicyclic) bond motifs is 1. The van der Waals surface area contributed by atoms with E-state index in [1.807, 2.05) is 6.92 Å². The SMILES string of the molecule is C=CC(=O)N1CCN(c2nc(OCC3CCCN3C)nc(C(=O)[C@H]3CCc4c(C)cccc4C3)c2CC)CC1CC#N. The average molecular weight is 571 g/mol. The molecule has 2 unspecified atom stereocenters. The maximum Gasteiger partial charge on any atom is 0.319 e. The van der Waals surface area contributed by atoms with Crippen LogP contribution in [-0.4, -0.2) is 83.4 Å². The van der Waals surface area contributed by atoms with E-state index in [0.29, 0.717) is 50.6 Å². The van der Waals surface area contributed by atoms with Crippen molar-refractivity contribution in [3.63, 3.8) is 0 Å². The number of nitrogens with zero attached hydrogens (tertiary/aromatic N) is 6. The maximum absolute atomic E-state index is 14.2. The lowest BCUT2D eigenvalue weighted by molar-refractivity contribution is -0.128. The first kappa shape index (κ1) is 29.7. The van der Waals surface area contributed by atoms with Crippen LogP contribution in [0.25, 0.3) is 0 Å². The Labute approximate surface area is 249 Å². The highest BCUT2D eigenvalue weighted by Gasteiger charge is 2.35. The third-order valence-corrected chi connectivity index (χ3v) is 9.28. The van der Waals surface area contributed by atoms with Gasteiger partial charge in [-0.15, -0.1) is 0 Å². The minimum atomic E-state index is -0.303. The number of anilines is 1. The van der Waals surface area contributed by atoms with Crippen molar-refractivity contribution in [1.29, 1.82) is 5.26 Å². The summed E-state index contributed by atoms with van der Waals surface area (Å²) in [7, 11) is 2.10. The molecule has 5 rings (SSSR count). The van der Waals surface area contributed by atoms with Gasteiger partial charge < -0.3 is 19.4 Å². The molecule has 0 bridgehead atoms. The number of aromatic nitrogens is 2. The van der Waals surface area contributed by atoms with Crippen LogP contribution in [0.4, 0.5) is 5.82 Å². The Morgan fingerprint density at radius 2 is 2.02 bits per heavy atom. The van der Waals surface area contributed by atoms with Gasteiger partial charge in [-0.25, -0.2) is 0 Å². The molecule has 2 saturated heterocycles. The molecule has 3 aliphatic rings. The van der Waals surface area contributed by atoms with E-state index in [4.69, 9.17) is 14.7 Å². The van der Waals surface area contributed by atoms with E-state index in [1.165, 1.54) is 22.8 Å². The third kappa shape index (κ3) is 6.05. The minimum absolute atomic E-state index is 0.0412. The summed E-state index contributed by atoms with van der Waals surface area (Å²) < 4.78 is 6.22. The Morgan fingerprint density at radius 1 is 1.19 bits per heavy atom. The number of carbonyl (C=O) groups is 2. The van der Waals surface area contributed by atoms with Crippen LogP contribution in [0.15, 0.2) is 30.9 Å². The predicted octanol–water partition coefficient (Wildman–Crippen LogP) is 3.93. The molecule has 0 radical (unpaired) electrons. The molecule has 0 spiro atoms. The van der Waals surface area contributed by atoms with Crippen LogP contribution in [0.2, 0.25) is 0 Å². The smallest absolute Gasteiger partial charge is 0.319 e. The van der Waals surface area contributed by atoms with Crippen LogP contribution in [0.1, 0.15) is 65.3 Å². The van der Waals surface area contributed by atoms with Crippen molar-refractivity contribution >= 4 is 17.5 Å². The number of carbonyl (C=O) groups excluding carboxylic acids is 2. The van der Waals surface area contributed by atoms with Gasteiger partial charge in [-0.2, -0.15) is 15.2 Å². The van der Waals surface area contributed by atoms with E-state index in [1.54, 1.807) is 4.90 Å². The molecule has 3 atom stereocenters. The molecule has 2 aliphatic heterocycles. The normalized spacial score (nSPS) is 22.4. The van der Waals surface area contributed by atoms with E-state index in [-0.39, 0.29) is 42.1 Å². The van der Waals surface area contributed by atoms with E-state index in [2.05, 4.69) is 54.6 Å². The van der Waals surface area contributed by atoms with E-state index in [9.17, 15) is 14.9 Å². The van der Waals surface area contributed by atoms with Crippen molar-refractivity contribution in [1.82, 2.24) is 19.8 Å². The average Bonchev–Trinajstić information content (AvgIpc) is 3.43. The Morgan fingerprint density at radius 3 is 2.74 bits per heavy atom. The first-order valence-corrected chi connectivity index (χ1v) is 15.2. The van der Waals surface area contributed by atoms with E-state index in [0.717, 1.165) is 37.8 Å². The zero-order chi connectivity index (χ0) is 29.8. The maximum atomic E-state index is 14.2. The Bertz CT molecular complexity index is 1380. The van der Waals surface area contributed by atoms with Gasteiger partial charge in [-0.05, 0) is 81.8 Å². The molecular formula is C33H42N6O3. The zero-order valence-corrected chi connectivity index (χ0v) is 25.1. The summed E-state index contributed by atoms with van der Waals surface area (Å²) in [5, 5.41) is 9.51. The summed E-state index contributed by atoms with van der Waals surface area (Å²) in [4.78, 5) is 42.5. The summed E-state index contributed by atoms with van der Waals surface area (Å²) >= 11 is 0. The molecule has 2 fully saturated rings. The summed E-state index contributed by atoms with van der Waals surface area (Å²) in [5.41, 5.74) is 5.14. The highest BCUT2D eigenvalue weighted by Crippen LogP contribution is 2.33. The minimum Gasteiger partial charge on any atom is -0.462 e. The van der Waals surface area contributed by atoms with Gasteiger partial charge in [0.05, 0.1) is 18.5 Å². The first-order chi connectivity index (χ1) is 20.3. The standard InChI is InChI=1S/C33H42N6O3/c1-5-27-30(31(41)24-12-13-28-22(3)9-7-10-23(28)19-24)35-33(42-21-26-11-8-16-37(26)4)36-32(27)38-17-18-39(29(40)6-2)25(20-38)14-15-34/h6-7,9-10,24-26H,2,5,8,11-14,16-21H2,1,3-4H3/t24-,25?,26?/m0/s1. The second kappa shape index (κ2) is 13.0. The lowest BCUT2D eigenvalue weighted by Gasteiger charge is -2.41. The van der Waals surface area contributed by atoms with Gasteiger partial charge in [0.25, 0.3) is 0 Å². The molecule has 1 amide bonds. The number of hydrogen-bond donors (Lipinski definition) is 0. The molecule has 9 nitrogen and oxygen atoms in total. The highest BCUT2D eigenvalue weighted by molar-refractivity contribution is 5.99. The zero-order valence-electron chi connectivity index (χ0n) is 25.1. The fraction of sp³-hybridized carbons (Fsp3) is 0.545. The molecule has 0 N–H and O–H groups in total.